The van der Waals surface area contributed by atoms with Gasteiger partial charge in [-0.25, -0.2) is 4.98 Å². The van der Waals surface area contributed by atoms with Gasteiger partial charge in [0.2, 0.25) is 5.95 Å². The van der Waals surface area contributed by atoms with E-state index >= 15 is 0 Å². The molecule has 0 amide bonds. The molecule has 0 saturated carbocycles. The number of para-hydroxylation sites is 2. The zero-order valence-electron chi connectivity index (χ0n) is 37.1. The van der Waals surface area contributed by atoms with Crippen LogP contribution in [0.2, 0.25) is 0 Å². The van der Waals surface area contributed by atoms with Crippen LogP contribution in [0, 0.1) is 0 Å². The van der Waals surface area contributed by atoms with Gasteiger partial charge >= 0.3 is 0 Å². The quantitative estimate of drug-likeness (QED) is 0.153. The number of fused-ring (bicyclic) bond motifs is 7. The van der Waals surface area contributed by atoms with Crippen LogP contribution in [-0.4, -0.2) is 25.6 Å². The zero-order chi connectivity index (χ0) is 45.0. The van der Waals surface area contributed by atoms with Crippen molar-refractivity contribution in [3.8, 4) is 73.2 Å². The maximum Gasteiger partial charge on any atom is 0.238 e. The second kappa shape index (κ2) is 16.5. The monoisotopic (exact) mass is 869 g/mol. The largest absolute Gasteiger partial charge is 0.331 e. The number of rotatable bonds is 8. The Morgan fingerprint density at radius 3 is 1.63 bits per heavy atom. The van der Waals surface area contributed by atoms with E-state index in [9.17, 15) is 0 Å². The van der Waals surface area contributed by atoms with E-state index in [1.54, 1.807) is 0 Å². The molecular formula is C63H43N5. The zero-order valence-corrected chi connectivity index (χ0v) is 37.1. The first kappa shape index (κ1) is 39.4. The summed E-state index contributed by atoms with van der Waals surface area (Å²) in [5.41, 5.74) is 16.8. The van der Waals surface area contributed by atoms with Gasteiger partial charge in [-0.15, -0.1) is 0 Å². The van der Waals surface area contributed by atoms with Crippen molar-refractivity contribution in [3.05, 3.63) is 254 Å². The van der Waals surface area contributed by atoms with Crippen molar-refractivity contribution < 1.29 is 0 Å². The van der Waals surface area contributed by atoms with E-state index in [4.69, 9.17) is 15.0 Å². The summed E-state index contributed by atoms with van der Waals surface area (Å²) in [7, 11) is 0. The highest BCUT2D eigenvalue weighted by Crippen LogP contribution is 2.54. The van der Waals surface area contributed by atoms with E-state index in [1.165, 1.54) is 38.9 Å². The minimum Gasteiger partial charge on any atom is -0.331 e. The molecule has 320 valence electrons. The summed E-state index contributed by atoms with van der Waals surface area (Å²) in [6.45, 7) is 0. The van der Waals surface area contributed by atoms with Crippen LogP contribution >= 0.6 is 0 Å². The fraction of sp³-hybridized carbons (Fsp3) is 0.0317. The van der Waals surface area contributed by atoms with Crippen LogP contribution in [0.25, 0.3) is 95.0 Å². The topological polar surface area (TPSA) is 46.8 Å². The van der Waals surface area contributed by atoms with Crippen molar-refractivity contribution >= 4 is 33.2 Å². The number of aromatic nitrogens is 4. The fourth-order valence-electron chi connectivity index (χ4n) is 10.4. The molecule has 0 fully saturated rings. The fourth-order valence-corrected chi connectivity index (χ4v) is 10.4. The Balaban J connectivity index is 1.02. The first-order valence-corrected chi connectivity index (χ1v) is 23.3. The van der Waals surface area contributed by atoms with Gasteiger partial charge < -0.3 is 4.90 Å². The summed E-state index contributed by atoms with van der Waals surface area (Å²) >= 11 is 0. The summed E-state index contributed by atoms with van der Waals surface area (Å²) in [6, 6.07) is 79.9. The van der Waals surface area contributed by atoms with Gasteiger partial charge in [0.05, 0.1) is 22.8 Å². The van der Waals surface area contributed by atoms with Gasteiger partial charge in [-0.3, -0.25) is 4.57 Å². The van der Waals surface area contributed by atoms with E-state index in [0.29, 0.717) is 17.6 Å². The maximum absolute atomic E-state index is 5.47. The van der Waals surface area contributed by atoms with Crippen LogP contribution in [0.3, 0.4) is 0 Å². The van der Waals surface area contributed by atoms with E-state index in [-0.39, 0.29) is 12.0 Å². The van der Waals surface area contributed by atoms with Crippen LogP contribution in [0.5, 0.6) is 0 Å². The minimum absolute atomic E-state index is 0.0452. The average Bonchev–Trinajstić information content (AvgIpc) is 3.95. The predicted molar refractivity (Wildman–Crippen MR) is 280 cm³/mol. The Morgan fingerprint density at radius 2 is 0.897 bits per heavy atom. The lowest BCUT2D eigenvalue weighted by atomic mass is 9.91. The Hall–Kier alpha value is -8.93. The summed E-state index contributed by atoms with van der Waals surface area (Å²) in [5.74, 6) is 1.92. The smallest absolute Gasteiger partial charge is 0.238 e. The second-order valence-corrected chi connectivity index (χ2v) is 17.5. The van der Waals surface area contributed by atoms with E-state index < -0.39 is 0 Å². The molecule has 0 bridgehead atoms. The van der Waals surface area contributed by atoms with Crippen molar-refractivity contribution in [3.63, 3.8) is 0 Å². The highest BCUT2D eigenvalue weighted by atomic mass is 15.2. The molecule has 68 heavy (non-hydrogen) atoms. The third-order valence-electron chi connectivity index (χ3n) is 13.6. The van der Waals surface area contributed by atoms with Gasteiger partial charge in [-0.1, -0.05) is 224 Å². The van der Waals surface area contributed by atoms with Gasteiger partial charge in [0.1, 0.15) is 0 Å². The lowest BCUT2D eigenvalue weighted by molar-refractivity contribution is 0.745. The van der Waals surface area contributed by atoms with E-state index in [2.05, 4.69) is 240 Å². The molecule has 2 aromatic heterocycles. The molecule has 13 rings (SSSR count). The molecule has 11 aromatic rings. The first-order chi connectivity index (χ1) is 33.7. The molecule has 2 atom stereocenters. The highest BCUT2D eigenvalue weighted by molar-refractivity contribution is 6.15. The van der Waals surface area contributed by atoms with Crippen LogP contribution in [0.15, 0.2) is 249 Å². The minimum atomic E-state index is 0.0452. The Morgan fingerprint density at radius 1 is 0.368 bits per heavy atom. The first-order valence-electron chi connectivity index (χ1n) is 23.3. The van der Waals surface area contributed by atoms with Crippen LogP contribution < -0.4 is 4.90 Å². The van der Waals surface area contributed by atoms with Gasteiger partial charge in [-0.2, -0.15) is 9.97 Å². The molecule has 0 saturated heterocycles. The average molecular weight is 870 g/mol. The van der Waals surface area contributed by atoms with Crippen LogP contribution in [-0.2, 0) is 0 Å². The van der Waals surface area contributed by atoms with E-state index in [1.807, 2.05) is 18.2 Å². The summed E-state index contributed by atoms with van der Waals surface area (Å²) in [6.07, 6.45) is 9.11. The third-order valence-corrected chi connectivity index (χ3v) is 13.6. The standard InChI is InChI=1S/C63H43N5/c1-4-18-42(19-5-1)44-34-36-45(37-35-44)48-25-17-27-50(41-48)62-64-61(46-22-8-3-9-23-46)65-63(66-62)68-58-33-15-12-30-53(58)55-39-38-54-52-29-11-14-32-57(52)67(59(54)60(55)68)56-31-13-10-28-51(56)49-26-16-24-47(40-49)43-20-6-2-7-21-43/h1-41,52,57H. The molecule has 0 spiro atoms. The van der Waals surface area contributed by atoms with Crippen LogP contribution in [0.1, 0.15) is 11.5 Å². The van der Waals surface area contributed by atoms with E-state index in [0.717, 1.165) is 55.4 Å². The van der Waals surface area contributed by atoms with Crippen LogP contribution in [0.4, 0.5) is 11.4 Å². The van der Waals surface area contributed by atoms with Gasteiger partial charge in [0.25, 0.3) is 0 Å². The van der Waals surface area contributed by atoms with Gasteiger partial charge in [-0.05, 0) is 68.8 Å². The predicted octanol–water partition coefficient (Wildman–Crippen LogP) is 15.7. The van der Waals surface area contributed by atoms with Crippen molar-refractivity contribution in [2.75, 3.05) is 4.90 Å². The number of hydrogen-bond donors (Lipinski definition) is 0. The lowest BCUT2D eigenvalue weighted by Crippen LogP contribution is -2.29. The molecule has 1 aliphatic carbocycles. The molecule has 5 nitrogen and oxygen atoms in total. The molecular weight excluding hydrogens is 827 g/mol. The van der Waals surface area contributed by atoms with Crippen molar-refractivity contribution in [1.82, 2.24) is 19.5 Å². The Kier molecular flexibility index (Phi) is 9.57. The van der Waals surface area contributed by atoms with Crippen molar-refractivity contribution in [2.24, 2.45) is 0 Å². The maximum atomic E-state index is 5.47. The number of allylic oxidation sites excluding steroid dienone is 2. The highest BCUT2D eigenvalue weighted by Gasteiger charge is 2.41. The molecule has 3 heterocycles. The lowest BCUT2D eigenvalue weighted by Gasteiger charge is -2.31. The number of benzene rings is 9. The van der Waals surface area contributed by atoms with Gasteiger partial charge in [0, 0.05) is 39.1 Å². The molecule has 0 N–H and O–H groups in total. The molecule has 2 aliphatic rings. The molecule has 5 heteroatoms. The molecule has 2 unspecified atom stereocenters. The van der Waals surface area contributed by atoms with Gasteiger partial charge in [0.15, 0.2) is 11.6 Å². The number of nitrogens with zero attached hydrogens (tertiary/aromatic N) is 5. The summed E-state index contributed by atoms with van der Waals surface area (Å²) < 4.78 is 2.30. The molecule has 1 aliphatic heterocycles. The Bertz CT molecular complexity index is 3740. The normalized spacial score (nSPS) is 14.9. The molecule has 9 aromatic carbocycles. The number of anilines is 2. The summed E-state index contributed by atoms with van der Waals surface area (Å²) in [5, 5.41) is 2.28. The van der Waals surface area contributed by atoms with Crippen molar-refractivity contribution in [2.45, 2.75) is 12.0 Å². The number of hydrogen-bond acceptors (Lipinski definition) is 4. The Labute approximate surface area is 395 Å². The molecule has 0 radical (unpaired) electrons. The van der Waals surface area contributed by atoms with Crippen molar-refractivity contribution in [1.29, 1.82) is 0 Å². The second-order valence-electron chi connectivity index (χ2n) is 17.5. The summed E-state index contributed by atoms with van der Waals surface area (Å²) in [4.78, 5) is 18.7. The third kappa shape index (κ3) is 6.75. The SMILES string of the molecule is C1=CC2c3ccc4c5ccccc5n(-c5nc(-c6ccccc6)nc(-c6cccc(-c7ccc(-c8ccccc8)cc7)c6)n5)c4c3N(c3ccccc3-c3cccc(-c4ccccc4)c3)C2C=C1.